The van der Waals surface area contributed by atoms with Gasteiger partial charge in [-0.2, -0.15) is 18.2 Å². The molecule has 5 N–H and O–H groups in total. The highest BCUT2D eigenvalue weighted by molar-refractivity contribution is 6.18. The fraction of sp³-hybridized carbons (Fsp3) is 0.0556. The number of hydrogen-bond acceptors (Lipinski definition) is 5. The standard InChI is InChI=1S/C18H14F3N6/c19-18(20,21)11-3-1-2-10(8-11)16(23)13-9-12(4-5-14(13)22)26-15-6-7-25-17(24)27-15/h1-9H,22H2,(H3,24,25,26,27)/q-1. The molecule has 27 heavy (non-hydrogen) atoms. The molecule has 0 aliphatic rings. The van der Waals surface area contributed by atoms with Gasteiger partial charge < -0.3 is 22.2 Å². The second-order valence-corrected chi connectivity index (χ2v) is 5.65. The largest absolute Gasteiger partial charge is 0.803 e. The molecule has 0 fully saturated rings. The lowest BCUT2D eigenvalue weighted by molar-refractivity contribution is -0.137. The van der Waals surface area contributed by atoms with Crippen LogP contribution in [0.5, 0.6) is 0 Å². The van der Waals surface area contributed by atoms with E-state index >= 15 is 0 Å². The van der Waals surface area contributed by atoms with Crippen LogP contribution < -0.4 is 16.8 Å². The van der Waals surface area contributed by atoms with Gasteiger partial charge in [0.2, 0.25) is 5.95 Å². The molecule has 138 valence electrons. The smallest absolute Gasteiger partial charge is 0.416 e. The molecule has 3 rings (SSSR count). The Labute approximate surface area is 152 Å². The maximum Gasteiger partial charge on any atom is 0.416 e. The molecule has 0 amide bonds. The van der Waals surface area contributed by atoms with Crippen LogP contribution in [0.15, 0.2) is 54.7 Å². The van der Waals surface area contributed by atoms with E-state index in [0.29, 0.717) is 11.5 Å². The van der Waals surface area contributed by atoms with Gasteiger partial charge in [-0.05, 0) is 47.5 Å². The third-order valence-corrected chi connectivity index (χ3v) is 3.72. The minimum Gasteiger partial charge on any atom is -0.803 e. The first-order valence-electron chi connectivity index (χ1n) is 7.73. The minimum absolute atomic E-state index is 0.0000412. The fourth-order valence-corrected chi connectivity index (χ4v) is 2.43. The molecule has 0 atom stereocenters. The lowest BCUT2D eigenvalue weighted by Gasteiger charge is -2.19. The molecule has 0 bridgehead atoms. The summed E-state index contributed by atoms with van der Waals surface area (Å²) in [7, 11) is 0. The van der Waals surface area contributed by atoms with E-state index in [9.17, 15) is 18.6 Å². The number of rotatable bonds is 4. The van der Waals surface area contributed by atoms with Crippen LogP contribution in [-0.2, 0) is 6.18 Å². The summed E-state index contributed by atoms with van der Waals surface area (Å²) in [6, 6.07) is 10.6. The number of halogens is 3. The van der Waals surface area contributed by atoms with Gasteiger partial charge in [0.15, 0.2) is 0 Å². The van der Waals surface area contributed by atoms with Crippen LogP contribution in [0.2, 0.25) is 0 Å². The molecule has 0 aliphatic carbocycles. The molecule has 0 spiro atoms. The van der Waals surface area contributed by atoms with Crippen LogP contribution in [0.3, 0.4) is 0 Å². The van der Waals surface area contributed by atoms with Gasteiger partial charge in [0, 0.05) is 17.6 Å². The predicted octanol–water partition coefficient (Wildman–Crippen LogP) is 3.81. The summed E-state index contributed by atoms with van der Waals surface area (Å²) in [6.07, 6.45) is -3.05. The van der Waals surface area contributed by atoms with Gasteiger partial charge in [-0.15, -0.1) is 5.71 Å². The normalized spacial score (nSPS) is 11.2. The molecule has 0 radical (unpaired) electrons. The number of nitrogens with zero attached hydrogens (tertiary/aromatic N) is 3. The molecule has 9 heteroatoms. The maximum atomic E-state index is 12.9. The van der Waals surface area contributed by atoms with Gasteiger partial charge in [0.1, 0.15) is 5.82 Å². The molecule has 0 aliphatic heterocycles. The monoisotopic (exact) mass is 371 g/mol. The summed E-state index contributed by atoms with van der Waals surface area (Å²) in [6.45, 7) is 0. The summed E-state index contributed by atoms with van der Waals surface area (Å²) in [5, 5.41) is 13.5. The van der Waals surface area contributed by atoms with Gasteiger partial charge in [-0.25, -0.2) is 4.98 Å². The van der Waals surface area contributed by atoms with Gasteiger partial charge in [0.05, 0.1) is 5.56 Å². The summed E-state index contributed by atoms with van der Waals surface area (Å²) in [5.41, 5.74) is 11.1. The Morgan fingerprint density at radius 3 is 2.52 bits per heavy atom. The Kier molecular flexibility index (Phi) is 4.68. The fourth-order valence-electron chi connectivity index (χ4n) is 2.43. The summed E-state index contributed by atoms with van der Waals surface area (Å²) >= 11 is 0. The van der Waals surface area contributed by atoms with E-state index in [1.165, 1.54) is 30.5 Å². The van der Waals surface area contributed by atoms with E-state index in [1.54, 1.807) is 12.1 Å². The number of benzene rings is 2. The molecule has 2 aromatic carbocycles. The molecular weight excluding hydrogens is 357 g/mol. The van der Waals surface area contributed by atoms with E-state index in [0.717, 1.165) is 12.1 Å². The van der Waals surface area contributed by atoms with Crippen molar-refractivity contribution < 1.29 is 13.2 Å². The lowest BCUT2D eigenvalue weighted by atomic mass is 9.98. The van der Waals surface area contributed by atoms with Crippen molar-refractivity contribution in [1.82, 2.24) is 9.97 Å². The first kappa shape index (κ1) is 18.2. The van der Waals surface area contributed by atoms with Crippen molar-refractivity contribution in [1.29, 1.82) is 0 Å². The van der Waals surface area contributed by atoms with Crippen LogP contribution in [0, 0.1) is 0 Å². The molecule has 3 aromatic rings. The molecule has 0 saturated heterocycles. The van der Waals surface area contributed by atoms with Crippen LogP contribution in [0.25, 0.3) is 5.41 Å². The number of alkyl halides is 3. The number of hydrogen-bond donors (Lipinski definition) is 3. The molecule has 1 heterocycles. The number of nitrogens with one attached hydrogen (secondary N) is 1. The topological polar surface area (TPSA) is 112 Å². The number of anilines is 4. The first-order valence-corrected chi connectivity index (χ1v) is 7.73. The Morgan fingerprint density at radius 1 is 1.04 bits per heavy atom. The van der Waals surface area contributed by atoms with E-state index in [-0.39, 0.29) is 28.5 Å². The molecular formula is C18H14F3N6-. The Morgan fingerprint density at radius 2 is 1.81 bits per heavy atom. The van der Waals surface area contributed by atoms with Gasteiger partial charge in [-0.3, -0.25) is 0 Å². The maximum absolute atomic E-state index is 12.9. The van der Waals surface area contributed by atoms with Crippen molar-refractivity contribution in [2.45, 2.75) is 6.18 Å². The van der Waals surface area contributed by atoms with Gasteiger partial charge >= 0.3 is 6.18 Å². The number of aromatic nitrogens is 2. The average Bonchev–Trinajstić information content (AvgIpc) is 2.62. The highest BCUT2D eigenvalue weighted by Crippen LogP contribution is 2.31. The van der Waals surface area contributed by atoms with Crippen molar-refractivity contribution in [2.24, 2.45) is 0 Å². The zero-order valence-electron chi connectivity index (χ0n) is 13.8. The van der Waals surface area contributed by atoms with Crippen LogP contribution >= 0.6 is 0 Å². The quantitative estimate of drug-likeness (QED) is 0.477. The van der Waals surface area contributed by atoms with Crippen LogP contribution in [0.1, 0.15) is 16.7 Å². The van der Waals surface area contributed by atoms with E-state index in [1.807, 2.05) is 0 Å². The zero-order chi connectivity index (χ0) is 19.6. The Bertz CT molecular complexity index is 1000. The van der Waals surface area contributed by atoms with Crippen molar-refractivity contribution in [3.05, 3.63) is 76.8 Å². The van der Waals surface area contributed by atoms with Crippen molar-refractivity contribution >= 4 is 28.9 Å². The van der Waals surface area contributed by atoms with Crippen LogP contribution in [-0.4, -0.2) is 15.7 Å². The second kappa shape index (κ2) is 6.94. The molecule has 1 aromatic heterocycles. The van der Waals surface area contributed by atoms with Crippen molar-refractivity contribution in [2.75, 3.05) is 16.8 Å². The third kappa shape index (κ3) is 4.14. The van der Waals surface area contributed by atoms with E-state index in [4.69, 9.17) is 11.5 Å². The van der Waals surface area contributed by atoms with Gasteiger partial charge in [0.25, 0.3) is 0 Å². The molecule has 0 unspecified atom stereocenters. The third-order valence-electron chi connectivity index (χ3n) is 3.72. The van der Waals surface area contributed by atoms with Crippen molar-refractivity contribution in [3.63, 3.8) is 0 Å². The number of nitrogen functional groups attached to an aromatic ring is 2. The predicted molar refractivity (Wildman–Crippen MR) is 98.6 cm³/mol. The van der Waals surface area contributed by atoms with E-state index < -0.39 is 11.7 Å². The first-order chi connectivity index (χ1) is 12.7. The summed E-state index contributed by atoms with van der Waals surface area (Å²) in [5.74, 6) is 0.492. The molecule has 0 saturated carbocycles. The minimum atomic E-state index is -4.52. The second-order valence-electron chi connectivity index (χ2n) is 5.65. The van der Waals surface area contributed by atoms with Crippen LogP contribution in [0.4, 0.5) is 36.3 Å². The van der Waals surface area contributed by atoms with E-state index in [2.05, 4.69) is 15.3 Å². The lowest BCUT2D eigenvalue weighted by Crippen LogP contribution is -2.09. The Balaban J connectivity index is 1.93. The average molecular weight is 371 g/mol. The molecule has 6 nitrogen and oxygen atoms in total. The highest BCUT2D eigenvalue weighted by atomic mass is 19.4. The van der Waals surface area contributed by atoms with Crippen molar-refractivity contribution in [3.8, 4) is 0 Å². The SMILES string of the molecule is [N-]=C(c1cccc(C(F)(F)F)c1)c1cc(Nc2ccnc(N)n2)ccc1N. The number of nitrogens with two attached hydrogens (primary N) is 2. The van der Waals surface area contributed by atoms with Gasteiger partial charge in [-0.1, -0.05) is 12.1 Å². The Hall–Kier alpha value is -3.62. The highest BCUT2D eigenvalue weighted by Gasteiger charge is 2.30. The summed E-state index contributed by atoms with van der Waals surface area (Å²) < 4.78 is 38.7. The zero-order valence-corrected chi connectivity index (χ0v) is 13.8. The summed E-state index contributed by atoms with van der Waals surface area (Å²) in [4.78, 5) is 7.77.